The number of rotatable bonds is 0. The van der Waals surface area contributed by atoms with E-state index in [-0.39, 0.29) is 0 Å². The van der Waals surface area contributed by atoms with Gasteiger partial charge in [0.2, 0.25) is 0 Å². The number of hydrazine groups is 1. The highest BCUT2D eigenvalue weighted by molar-refractivity contribution is 5.54. The summed E-state index contributed by atoms with van der Waals surface area (Å²) in [5.41, 5.74) is 9.28. The molecule has 2 N–H and O–H groups in total. The van der Waals surface area contributed by atoms with Crippen molar-refractivity contribution in [2.75, 3.05) is 12.0 Å². The molecule has 3 nitrogen and oxygen atoms in total. The lowest BCUT2D eigenvalue weighted by Gasteiger charge is -2.06. The predicted octanol–water partition coefficient (Wildman–Crippen LogP) is 1.42. The zero-order chi connectivity index (χ0) is 9.10. The number of nitrogens with zero attached hydrogens (tertiary/aromatic N) is 1. The molecule has 0 fully saturated rings. The van der Waals surface area contributed by atoms with Crippen molar-refractivity contribution < 1.29 is 0 Å². The Morgan fingerprint density at radius 3 is 3.15 bits per heavy atom. The number of nitriles is 1. The van der Waals surface area contributed by atoms with Gasteiger partial charge in [-0.15, -0.1) is 0 Å². The van der Waals surface area contributed by atoms with Crippen LogP contribution in [0, 0.1) is 11.3 Å². The van der Waals surface area contributed by atoms with E-state index >= 15 is 0 Å². The maximum absolute atomic E-state index is 8.72. The Morgan fingerprint density at radius 1 is 1.38 bits per heavy atom. The molecule has 1 aromatic carbocycles. The largest absolute Gasteiger partial charge is 0.321 e. The first-order valence-corrected chi connectivity index (χ1v) is 4.42. The first-order valence-electron chi connectivity index (χ1n) is 4.42. The van der Waals surface area contributed by atoms with Gasteiger partial charge in [-0.05, 0) is 36.6 Å². The van der Waals surface area contributed by atoms with Crippen molar-refractivity contribution in [1.82, 2.24) is 5.43 Å². The molecule has 0 saturated heterocycles. The lowest BCUT2D eigenvalue weighted by molar-refractivity contribution is 0.741. The van der Waals surface area contributed by atoms with Crippen LogP contribution in [0.15, 0.2) is 18.2 Å². The molecule has 66 valence electrons. The molecule has 0 unspecified atom stereocenters. The molecular weight excluding hydrogens is 162 g/mol. The minimum Gasteiger partial charge on any atom is -0.321 e. The lowest BCUT2D eigenvalue weighted by Crippen LogP contribution is -2.20. The van der Waals surface area contributed by atoms with Gasteiger partial charge in [0.15, 0.2) is 0 Å². The third-order valence-corrected chi connectivity index (χ3v) is 2.21. The van der Waals surface area contributed by atoms with Crippen molar-refractivity contribution in [1.29, 1.82) is 5.26 Å². The van der Waals surface area contributed by atoms with Crippen LogP contribution in [0.4, 0.5) is 5.69 Å². The summed E-state index contributed by atoms with van der Waals surface area (Å²) in [6.45, 7) is 0.969. The smallest absolute Gasteiger partial charge is 0.0991 e. The van der Waals surface area contributed by atoms with Gasteiger partial charge >= 0.3 is 0 Å². The van der Waals surface area contributed by atoms with Gasteiger partial charge in [-0.2, -0.15) is 5.26 Å². The Morgan fingerprint density at radius 2 is 2.31 bits per heavy atom. The van der Waals surface area contributed by atoms with E-state index in [1.807, 2.05) is 18.2 Å². The summed E-state index contributed by atoms with van der Waals surface area (Å²) in [5.74, 6) is 0. The van der Waals surface area contributed by atoms with Crippen molar-refractivity contribution in [2.24, 2.45) is 0 Å². The molecule has 1 aliphatic rings. The normalized spacial score (nSPS) is 15.0. The monoisotopic (exact) mass is 173 g/mol. The molecule has 0 aromatic heterocycles. The van der Waals surface area contributed by atoms with Gasteiger partial charge in [0, 0.05) is 6.54 Å². The molecule has 0 bridgehead atoms. The van der Waals surface area contributed by atoms with Crippen LogP contribution in [0.5, 0.6) is 0 Å². The fraction of sp³-hybridized carbons (Fsp3) is 0.300. The standard InChI is InChI=1S/C10H11N3/c11-7-8-3-4-10-9(6-8)2-1-5-12-13-10/h3-4,6,12-13H,1-2,5H2. The number of fused-ring (bicyclic) bond motifs is 1. The van der Waals surface area contributed by atoms with Crippen LogP contribution in [-0.4, -0.2) is 6.54 Å². The maximum Gasteiger partial charge on any atom is 0.0991 e. The minimum atomic E-state index is 0.738. The van der Waals surface area contributed by atoms with Gasteiger partial charge in [0.1, 0.15) is 0 Å². The van der Waals surface area contributed by atoms with Crippen LogP contribution in [0.1, 0.15) is 17.5 Å². The Hall–Kier alpha value is -1.53. The molecule has 0 saturated carbocycles. The molecule has 1 aromatic rings. The average molecular weight is 173 g/mol. The second-order valence-corrected chi connectivity index (χ2v) is 3.14. The van der Waals surface area contributed by atoms with E-state index in [2.05, 4.69) is 16.9 Å². The summed E-state index contributed by atoms with van der Waals surface area (Å²) < 4.78 is 0. The van der Waals surface area contributed by atoms with Crippen LogP contribution in [0.25, 0.3) is 0 Å². The van der Waals surface area contributed by atoms with Gasteiger partial charge < -0.3 is 5.43 Å². The molecule has 13 heavy (non-hydrogen) atoms. The zero-order valence-electron chi connectivity index (χ0n) is 7.30. The van der Waals surface area contributed by atoms with Crippen molar-refractivity contribution >= 4 is 5.69 Å². The van der Waals surface area contributed by atoms with Crippen LogP contribution < -0.4 is 10.9 Å². The quantitative estimate of drug-likeness (QED) is 0.623. The Labute approximate surface area is 77.3 Å². The van der Waals surface area contributed by atoms with Crippen LogP contribution in [0.3, 0.4) is 0 Å². The van der Waals surface area contributed by atoms with Gasteiger partial charge in [0.05, 0.1) is 17.3 Å². The summed E-state index contributed by atoms with van der Waals surface area (Å²) >= 11 is 0. The molecular formula is C10H11N3. The van der Waals surface area contributed by atoms with Crippen molar-refractivity contribution in [3.05, 3.63) is 29.3 Å². The van der Waals surface area contributed by atoms with Gasteiger partial charge in [-0.1, -0.05) is 0 Å². The Balaban J connectivity index is 2.39. The van der Waals surface area contributed by atoms with E-state index in [9.17, 15) is 0 Å². The summed E-state index contributed by atoms with van der Waals surface area (Å²) in [6, 6.07) is 7.89. The highest BCUT2D eigenvalue weighted by atomic mass is 15.4. The average Bonchev–Trinajstić information content (AvgIpc) is 2.41. The first-order chi connectivity index (χ1) is 6.40. The Bertz CT molecular complexity index is 352. The summed E-state index contributed by atoms with van der Waals surface area (Å²) in [6.07, 6.45) is 2.14. The van der Waals surface area contributed by atoms with E-state index in [1.54, 1.807) is 0 Å². The highest BCUT2D eigenvalue weighted by Gasteiger charge is 2.06. The topological polar surface area (TPSA) is 47.9 Å². The number of benzene rings is 1. The van der Waals surface area contributed by atoms with Crippen LogP contribution >= 0.6 is 0 Å². The number of hydrogen-bond acceptors (Lipinski definition) is 3. The summed E-state index contributed by atoms with van der Waals surface area (Å²) in [5, 5.41) is 8.72. The van der Waals surface area contributed by atoms with Crippen molar-refractivity contribution in [3.8, 4) is 6.07 Å². The van der Waals surface area contributed by atoms with E-state index in [0.717, 1.165) is 30.6 Å². The van der Waals surface area contributed by atoms with Gasteiger partial charge in [-0.3, -0.25) is 0 Å². The number of nitrogens with one attached hydrogen (secondary N) is 2. The minimum absolute atomic E-state index is 0.738. The van der Waals surface area contributed by atoms with E-state index in [0.29, 0.717) is 0 Å². The molecule has 1 aliphatic heterocycles. The van der Waals surface area contributed by atoms with Crippen LogP contribution in [0.2, 0.25) is 0 Å². The molecule has 0 aliphatic carbocycles. The molecule has 1 heterocycles. The molecule has 0 spiro atoms. The zero-order valence-corrected chi connectivity index (χ0v) is 7.30. The van der Waals surface area contributed by atoms with Crippen LogP contribution in [-0.2, 0) is 6.42 Å². The SMILES string of the molecule is N#Cc1ccc2c(c1)CCCNN2. The maximum atomic E-state index is 8.72. The van der Waals surface area contributed by atoms with E-state index < -0.39 is 0 Å². The fourth-order valence-electron chi connectivity index (χ4n) is 1.52. The molecule has 3 heteroatoms. The van der Waals surface area contributed by atoms with Crippen molar-refractivity contribution in [2.45, 2.75) is 12.8 Å². The van der Waals surface area contributed by atoms with Crippen molar-refractivity contribution in [3.63, 3.8) is 0 Å². The second-order valence-electron chi connectivity index (χ2n) is 3.14. The first kappa shape index (κ1) is 8.09. The third kappa shape index (κ3) is 1.63. The highest BCUT2D eigenvalue weighted by Crippen LogP contribution is 2.19. The third-order valence-electron chi connectivity index (χ3n) is 2.21. The lowest BCUT2D eigenvalue weighted by atomic mass is 10.1. The molecule has 0 amide bonds. The molecule has 0 atom stereocenters. The fourth-order valence-corrected chi connectivity index (χ4v) is 1.52. The molecule has 2 rings (SSSR count). The number of hydrogen-bond donors (Lipinski definition) is 2. The number of anilines is 1. The predicted molar refractivity (Wildman–Crippen MR) is 51.1 cm³/mol. The molecule has 0 radical (unpaired) electrons. The van der Waals surface area contributed by atoms with E-state index in [4.69, 9.17) is 5.26 Å². The van der Waals surface area contributed by atoms with Gasteiger partial charge in [-0.25, -0.2) is 5.43 Å². The summed E-state index contributed by atoms with van der Waals surface area (Å²) in [7, 11) is 0. The van der Waals surface area contributed by atoms with Gasteiger partial charge in [0.25, 0.3) is 0 Å². The van der Waals surface area contributed by atoms with E-state index in [1.165, 1.54) is 5.56 Å². The Kier molecular flexibility index (Phi) is 2.15. The summed E-state index contributed by atoms with van der Waals surface area (Å²) in [4.78, 5) is 0. The number of aryl methyl sites for hydroxylation is 1. The second kappa shape index (κ2) is 3.46.